The van der Waals surface area contributed by atoms with Gasteiger partial charge in [-0.15, -0.1) is 0 Å². The van der Waals surface area contributed by atoms with Gasteiger partial charge in [-0.3, -0.25) is 0 Å². The van der Waals surface area contributed by atoms with Gasteiger partial charge in [-0.1, -0.05) is 30.3 Å². The fraction of sp³-hybridized carbons (Fsp3) is 0.294. The van der Waals surface area contributed by atoms with Crippen LogP contribution in [0, 0.1) is 0 Å². The van der Waals surface area contributed by atoms with Crippen LogP contribution in [0.2, 0.25) is 0 Å². The van der Waals surface area contributed by atoms with Crippen LogP contribution in [0.5, 0.6) is 5.75 Å². The summed E-state index contributed by atoms with van der Waals surface area (Å²) in [5.41, 5.74) is 0.851. The van der Waals surface area contributed by atoms with Crippen LogP contribution < -0.4 is 4.74 Å². The molecule has 0 atom stereocenters. The molecule has 1 heterocycles. The highest BCUT2D eigenvalue weighted by Gasteiger charge is 2.27. The van der Waals surface area contributed by atoms with Crippen LogP contribution in [0.1, 0.15) is 18.4 Å². The summed E-state index contributed by atoms with van der Waals surface area (Å²) in [4.78, 5) is 0.351. The van der Waals surface area contributed by atoms with Crippen LogP contribution in [0.4, 0.5) is 0 Å². The number of hydrogen-bond donors (Lipinski definition) is 0. The molecule has 3 rings (SSSR count). The van der Waals surface area contributed by atoms with Crippen molar-refractivity contribution >= 4 is 10.0 Å². The van der Waals surface area contributed by atoms with E-state index in [1.165, 1.54) is 0 Å². The molecule has 0 radical (unpaired) electrons. The predicted molar refractivity (Wildman–Crippen MR) is 85.2 cm³/mol. The Kier molecular flexibility index (Phi) is 4.45. The molecule has 0 amide bonds. The Morgan fingerprint density at radius 3 is 2.41 bits per heavy atom. The zero-order chi connectivity index (χ0) is 15.4. The zero-order valence-electron chi connectivity index (χ0n) is 12.3. The first-order chi connectivity index (χ1) is 10.7. The third kappa shape index (κ3) is 3.31. The molecule has 0 aromatic heterocycles. The van der Waals surface area contributed by atoms with Crippen molar-refractivity contribution in [3.05, 3.63) is 60.2 Å². The lowest BCUT2D eigenvalue weighted by Crippen LogP contribution is -2.27. The fourth-order valence-corrected chi connectivity index (χ4v) is 4.14. The highest BCUT2D eigenvalue weighted by atomic mass is 32.2. The molecule has 5 heteroatoms. The van der Waals surface area contributed by atoms with Gasteiger partial charge in [0.1, 0.15) is 12.4 Å². The second kappa shape index (κ2) is 6.50. The summed E-state index contributed by atoms with van der Waals surface area (Å²) in [5, 5.41) is 0. The van der Waals surface area contributed by atoms with E-state index < -0.39 is 10.0 Å². The molecule has 4 nitrogen and oxygen atoms in total. The molecule has 0 unspecified atom stereocenters. The summed E-state index contributed by atoms with van der Waals surface area (Å²) in [6.07, 6.45) is 1.88. The second-order valence-corrected chi connectivity index (χ2v) is 7.30. The highest BCUT2D eigenvalue weighted by Crippen LogP contribution is 2.22. The number of hydrogen-bond acceptors (Lipinski definition) is 3. The van der Waals surface area contributed by atoms with E-state index in [0.29, 0.717) is 24.6 Å². The molecule has 1 aliphatic heterocycles. The van der Waals surface area contributed by atoms with Gasteiger partial charge < -0.3 is 4.74 Å². The van der Waals surface area contributed by atoms with E-state index in [0.717, 1.165) is 24.2 Å². The van der Waals surface area contributed by atoms with Gasteiger partial charge in [0, 0.05) is 13.1 Å². The quantitative estimate of drug-likeness (QED) is 0.851. The molecule has 0 bridgehead atoms. The maximum absolute atomic E-state index is 12.5. The molecule has 22 heavy (non-hydrogen) atoms. The van der Waals surface area contributed by atoms with Gasteiger partial charge in [0.15, 0.2) is 0 Å². The van der Waals surface area contributed by atoms with Crippen molar-refractivity contribution in [2.24, 2.45) is 0 Å². The molecule has 0 spiro atoms. The van der Waals surface area contributed by atoms with Gasteiger partial charge in [-0.05, 0) is 42.7 Å². The maximum atomic E-state index is 12.5. The molecule has 2 aromatic rings. The van der Waals surface area contributed by atoms with E-state index in [4.69, 9.17) is 4.74 Å². The van der Waals surface area contributed by atoms with Crippen molar-refractivity contribution in [2.45, 2.75) is 24.3 Å². The SMILES string of the molecule is O=S(=O)(c1cccc(COc2ccccc2)c1)N1CCCC1. The average Bonchev–Trinajstić information content (AvgIpc) is 3.09. The number of ether oxygens (including phenoxy) is 1. The number of benzene rings is 2. The molecular formula is C17H19NO3S. The molecule has 1 aliphatic rings. The van der Waals surface area contributed by atoms with Crippen LogP contribution in [0.25, 0.3) is 0 Å². The second-order valence-electron chi connectivity index (χ2n) is 5.36. The Bertz CT molecular complexity index is 723. The number of sulfonamides is 1. The van der Waals surface area contributed by atoms with Crippen LogP contribution in [0.15, 0.2) is 59.5 Å². The molecule has 1 fully saturated rings. The number of para-hydroxylation sites is 1. The van der Waals surface area contributed by atoms with E-state index >= 15 is 0 Å². The molecular weight excluding hydrogens is 298 g/mol. The summed E-state index contributed by atoms with van der Waals surface area (Å²) < 4.78 is 32.3. The number of nitrogens with zero attached hydrogens (tertiary/aromatic N) is 1. The van der Waals surface area contributed by atoms with Crippen molar-refractivity contribution in [3.8, 4) is 5.75 Å². The summed E-state index contributed by atoms with van der Waals surface area (Å²) in [6, 6.07) is 16.5. The van der Waals surface area contributed by atoms with E-state index in [9.17, 15) is 8.42 Å². The first kappa shape index (κ1) is 15.1. The Morgan fingerprint density at radius 2 is 1.68 bits per heavy atom. The summed E-state index contributed by atoms with van der Waals surface area (Å²) >= 11 is 0. The van der Waals surface area contributed by atoms with E-state index in [2.05, 4.69) is 0 Å². The van der Waals surface area contributed by atoms with Crippen LogP contribution in [-0.2, 0) is 16.6 Å². The minimum atomic E-state index is -3.37. The zero-order valence-corrected chi connectivity index (χ0v) is 13.1. The predicted octanol–water partition coefficient (Wildman–Crippen LogP) is 3.05. The van der Waals surface area contributed by atoms with Gasteiger partial charge in [0.05, 0.1) is 4.90 Å². The Balaban J connectivity index is 1.75. The average molecular weight is 317 g/mol. The lowest BCUT2D eigenvalue weighted by Gasteiger charge is -2.16. The first-order valence-corrected chi connectivity index (χ1v) is 8.87. The molecule has 2 aromatic carbocycles. The normalized spacial score (nSPS) is 15.8. The van der Waals surface area contributed by atoms with E-state index in [1.807, 2.05) is 36.4 Å². The topological polar surface area (TPSA) is 46.6 Å². The fourth-order valence-electron chi connectivity index (χ4n) is 2.56. The monoisotopic (exact) mass is 317 g/mol. The minimum Gasteiger partial charge on any atom is -0.489 e. The molecule has 0 N–H and O–H groups in total. The highest BCUT2D eigenvalue weighted by molar-refractivity contribution is 7.89. The smallest absolute Gasteiger partial charge is 0.243 e. The van der Waals surface area contributed by atoms with Crippen molar-refractivity contribution in [1.29, 1.82) is 0 Å². The lowest BCUT2D eigenvalue weighted by molar-refractivity contribution is 0.306. The van der Waals surface area contributed by atoms with Gasteiger partial charge in [0.2, 0.25) is 10.0 Å². The maximum Gasteiger partial charge on any atom is 0.243 e. The van der Waals surface area contributed by atoms with Gasteiger partial charge in [-0.2, -0.15) is 4.31 Å². The number of rotatable bonds is 5. The van der Waals surface area contributed by atoms with Crippen LogP contribution in [0.3, 0.4) is 0 Å². The van der Waals surface area contributed by atoms with E-state index in [-0.39, 0.29) is 0 Å². The molecule has 1 saturated heterocycles. The molecule has 0 saturated carbocycles. The Labute approximate surface area is 131 Å². The Morgan fingerprint density at radius 1 is 0.955 bits per heavy atom. The van der Waals surface area contributed by atoms with Crippen molar-refractivity contribution in [2.75, 3.05) is 13.1 Å². The van der Waals surface area contributed by atoms with E-state index in [1.54, 1.807) is 22.5 Å². The first-order valence-electron chi connectivity index (χ1n) is 7.43. The lowest BCUT2D eigenvalue weighted by atomic mass is 10.2. The summed E-state index contributed by atoms with van der Waals surface area (Å²) in [6.45, 7) is 1.59. The van der Waals surface area contributed by atoms with Crippen LogP contribution >= 0.6 is 0 Å². The third-order valence-corrected chi connectivity index (χ3v) is 5.64. The van der Waals surface area contributed by atoms with Gasteiger partial charge in [0.25, 0.3) is 0 Å². The van der Waals surface area contributed by atoms with Crippen LogP contribution in [-0.4, -0.2) is 25.8 Å². The third-order valence-electron chi connectivity index (χ3n) is 3.75. The van der Waals surface area contributed by atoms with Gasteiger partial charge in [-0.25, -0.2) is 8.42 Å². The summed E-state index contributed by atoms with van der Waals surface area (Å²) in [5.74, 6) is 0.773. The van der Waals surface area contributed by atoms with Crippen molar-refractivity contribution in [1.82, 2.24) is 4.31 Å². The summed E-state index contributed by atoms with van der Waals surface area (Å²) in [7, 11) is -3.37. The Hall–Kier alpha value is -1.85. The standard InChI is InChI=1S/C17H19NO3S/c19-22(20,18-11-4-5-12-18)17-10-6-7-15(13-17)14-21-16-8-2-1-3-9-16/h1-3,6-10,13H,4-5,11-12,14H2. The van der Waals surface area contributed by atoms with Crippen molar-refractivity contribution < 1.29 is 13.2 Å². The minimum absolute atomic E-state index is 0.351. The largest absolute Gasteiger partial charge is 0.489 e. The molecule has 0 aliphatic carbocycles. The van der Waals surface area contributed by atoms with Gasteiger partial charge >= 0.3 is 0 Å². The van der Waals surface area contributed by atoms with Crippen molar-refractivity contribution in [3.63, 3.8) is 0 Å². The molecule has 116 valence electrons.